The summed E-state index contributed by atoms with van der Waals surface area (Å²) in [6, 6.07) is 15.1. The van der Waals surface area contributed by atoms with Crippen molar-refractivity contribution in [2.45, 2.75) is 26.8 Å². The van der Waals surface area contributed by atoms with Crippen molar-refractivity contribution in [3.63, 3.8) is 0 Å². The highest BCUT2D eigenvalue weighted by Crippen LogP contribution is 2.13. The van der Waals surface area contributed by atoms with Crippen molar-refractivity contribution in [3.8, 4) is 0 Å². The minimum atomic E-state index is 1.03. The molecule has 2 rings (SSSR count). The van der Waals surface area contributed by atoms with Crippen LogP contribution in [0.3, 0.4) is 0 Å². The summed E-state index contributed by atoms with van der Waals surface area (Å²) in [5.41, 5.74) is 4.13. The molecule has 0 fully saturated rings. The SMILES string of the molecule is CCn1c(C)ccc1Cc1ccccc1. The van der Waals surface area contributed by atoms with Gasteiger partial charge in [-0.2, -0.15) is 0 Å². The Morgan fingerprint density at radius 2 is 1.73 bits per heavy atom. The Balaban J connectivity index is 2.25. The molecule has 0 aliphatic carbocycles. The van der Waals surface area contributed by atoms with Gasteiger partial charge in [0, 0.05) is 24.4 Å². The van der Waals surface area contributed by atoms with E-state index < -0.39 is 0 Å². The number of rotatable bonds is 3. The van der Waals surface area contributed by atoms with Crippen LogP contribution in [0, 0.1) is 6.92 Å². The van der Waals surface area contributed by atoms with Crippen LogP contribution in [-0.2, 0) is 13.0 Å². The zero-order chi connectivity index (χ0) is 10.7. The lowest BCUT2D eigenvalue weighted by molar-refractivity contribution is 0.705. The van der Waals surface area contributed by atoms with Gasteiger partial charge in [-0.05, 0) is 31.5 Å². The molecule has 0 unspecified atom stereocenters. The Morgan fingerprint density at radius 1 is 1.00 bits per heavy atom. The van der Waals surface area contributed by atoms with Gasteiger partial charge in [0.2, 0.25) is 0 Å². The average molecular weight is 199 g/mol. The fraction of sp³-hybridized carbons (Fsp3) is 0.286. The summed E-state index contributed by atoms with van der Waals surface area (Å²) in [6.45, 7) is 5.42. The summed E-state index contributed by atoms with van der Waals surface area (Å²) in [6.07, 6.45) is 1.03. The molecule has 1 aromatic heterocycles. The standard InChI is InChI=1S/C14H17N/c1-3-15-12(2)9-10-14(15)11-13-7-5-4-6-8-13/h4-10H,3,11H2,1-2H3. The lowest BCUT2D eigenvalue weighted by atomic mass is 10.1. The highest BCUT2D eigenvalue weighted by atomic mass is 15.0. The van der Waals surface area contributed by atoms with E-state index in [9.17, 15) is 0 Å². The van der Waals surface area contributed by atoms with Crippen LogP contribution in [0.1, 0.15) is 23.9 Å². The summed E-state index contributed by atoms with van der Waals surface area (Å²) in [4.78, 5) is 0. The number of aryl methyl sites for hydroxylation is 1. The number of hydrogen-bond acceptors (Lipinski definition) is 0. The second-order valence-electron chi connectivity index (χ2n) is 3.87. The lowest BCUT2D eigenvalue weighted by Gasteiger charge is -2.08. The minimum absolute atomic E-state index is 1.03. The van der Waals surface area contributed by atoms with Crippen molar-refractivity contribution in [1.29, 1.82) is 0 Å². The molecule has 0 saturated heterocycles. The van der Waals surface area contributed by atoms with Crippen LogP contribution in [0.2, 0.25) is 0 Å². The Kier molecular flexibility index (Phi) is 2.91. The third-order valence-corrected chi connectivity index (χ3v) is 2.83. The normalized spacial score (nSPS) is 10.5. The Morgan fingerprint density at radius 3 is 2.40 bits per heavy atom. The monoisotopic (exact) mass is 199 g/mol. The summed E-state index contributed by atoms with van der Waals surface area (Å²) >= 11 is 0. The predicted octanol–water partition coefficient (Wildman–Crippen LogP) is 3.41. The van der Waals surface area contributed by atoms with E-state index in [4.69, 9.17) is 0 Å². The predicted molar refractivity (Wildman–Crippen MR) is 64.1 cm³/mol. The van der Waals surface area contributed by atoms with Crippen LogP contribution < -0.4 is 0 Å². The van der Waals surface area contributed by atoms with Crippen LogP contribution in [0.15, 0.2) is 42.5 Å². The first-order valence-electron chi connectivity index (χ1n) is 5.50. The second kappa shape index (κ2) is 4.35. The Labute approximate surface area is 91.4 Å². The maximum absolute atomic E-state index is 2.37. The molecule has 0 aliphatic rings. The van der Waals surface area contributed by atoms with Gasteiger partial charge < -0.3 is 4.57 Å². The number of benzene rings is 1. The van der Waals surface area contributed by atoms with Crippen molar-refractivity contribution in [3.05, 3.63) is 59.4 Å². The van der Waals surface area contributed by atoms with Crippen molar-refractivity contribution in [2.24, 2.45) is 0 Å². The second-order valence-corrected chi connectivity index (χ2v) is 3.87. The van der Waals surface area contributed by atoms with Gasteiger partial charge in [-0.15, -0.1) is 0 Å². The van der Waals surface area contributed by atoms with Crippen molar-refractivity contribution >= 4 is 0 Å². The lowest BCUT2D eigenvalue weighted by Crippen LogP contribution is -2.02. The van der Waals surface area contributed by atoms with Gasteiger partial charge in [0.05, 0.1) is 0 Å². The molecule has 0 aliphatic heterocycles. The van der Waals surface area contributed by atoms with Crippen LogP contribution in [-0.4, -0.2) is 4.57 Å². The average Bonchev–Trinajstić information content (AvgIpc) is 2.61. The first kappa shape index (κ1) is 10.0. The van der Waals surface area contributed by atoms with Gasteiger partial charge in [0.15, 0.2) is 0 Å². The molecule has 78 valence electrons. The topological polar surface area (TPSA) is 4.93 Å². The highest BCUT2D eigenvalue weighted by molar-refractivity contribution is 5.24. The maximum Gasteiger partial charge on any atom is 0.0221 e. The zero-order valence-corrected chi connectivity index (χ0v) is 9.40. The van der Waals surface area contributed by atoms with Crippen molar-refractivity contribution in [2.75, 3.05) is 0 Å². The van der Waals surface area contributed by atoms with Gasteiger partial charge in [0.25, 0.3) is 0 Å². The molecular formula is C14H17N. The molecule has 1 nitrogen and oxygen atoms in total. The third-order valence-electron chi connectivity index (χ3n) is 2.83. The summed E-state index contributed by atoms with van der Waals surface area (Å²) in [7, 11) is 0. The molecule has 2 aromatic rings. The summed E-state index contributed by atoms with van der Waals surface area (Å²) in [5.74, 6) is 0. The molecule has 0 spiro atoms. The van der Waals surface area contributed by atoms with Crippen molar-refractivity contribution in [1.82, 2.24) is 4.57 Å². The van der Waals surface area contributed by atoms with Crippen LogP contribution in [0.25, 0.3) is 0 Å². The molecule has 0 amide bonds. The molecule has 0 atom stereocenters. The third kappa shape index (κ3) is 2.12. The fourth-order valence-electron chi connectivity index (χ4n) is 2.04. The Bertz CT molecular complexity index is 426. The first-order valence-corrected chi connectivity index (χ1v) is 5.50. The summed E-state index contributed by atoms with van der Waals surface area (Å²) < 4.78 is 2.37. The van der Waals surface area contributed by atoms with Gasteiger partial charge in [-0.25, -0.2) is 0 Å². The number of nitrogens with zero attached hydrogens (tertiary/aromatic N) is 1. The summed E-state index contributed by atoms with van der Waals surface area (Å²) in [5, 5.41) is 0. The molecule has 0 saturated carbocycles. The van der Waals surface area contributed by atoms with E-state index in [0.29, 0.717) is 0 Å². The molecule has 1 aromatic carbocycles. The van der Waals surface area contributed by atoms with E-state index in [1.54, 1.807) is 0 Å². The number of aromatic nitrogens is 1. The quantitative estimate of drug-likeness (QED) is 0.714. The van der Waals surface area contributed by atoms with E-state index in [0.717, 1.165) is 13.0 Å². The molecule has 1 heteroatoms. The fourth-order valence-corrected chi connectivity index (χ4v) is 2.04. The minimum Gasteiger partial charge on any atom is -0.349 e. The van der Waals surface area contributed by atoms with Gasteiger partial charge in [0.1, 0.15) is 0 Å². The van der Waals surface area contributed by atoms with E-state index in [-0.39, 0.29) is 0 Å². The van der Waals surface area contributed by atoms with Crippen molar-refractivity contribution < 1.29 is 0 Å². The van der Waals surface area contributed by atoms with Gasteiger partial charge >= 0.3 is 0 Å². The van der Waals surface area contributed by atoms with E-state index in [2.05, 4.69) is 60.9 Å². The molecular weight excluding hydrogens is 182 g/mol. The molecule has 0 N–H and O–H groups in total. The Hall–Kier alpha value is -1.50. The zero-order valence-electron chi connectivity index (χ0n) is 9.40. The molecule has 0 bridgehead atoms. The van der Waals surface area contributed by atoms with E-state index >= 15 is 0 Å². The number of hydrogen-bond donors (Lipinski definition) is 0. The molecule has 1 heterocycles. The first-order chi connectivity index (χ1) is 7.31. The highest BCUT2D eigenvalue weighted by Gasteiger charge is 2.03. The van der Waals surface area contributed by atoms with Crippen LogP contribution in [0.5, 0.6) is 0 Å². The maximum atomic E-state index is 2.37. The van der Waals surface area contributed by atoms with E-state index in [1.165, 1.54) is 17.0 Å². The molecule has 0 radical (unpaired) electrons. The van der Waals surface area contributed by atoms with Crippen LogP contribution >= 0.6 is 0 Å². The van der Waals surface area contributed by atoms with Gasteiger partial charge in [-0.1, -0.05) is 30.3 Å². The van der Waals surface area contributed by atoms with E-state index in [1.807, 2.05) is 0 Å². The van der Waals surface area contributed by atoms with Crippen LogP contribution in [0.4, 0.5) is 0 Å². The smallest absolute Gasteiger partial charge is 0.0221 e. The largest absolute Gasteiger partial charge is 0.349 e. The van der Waals surface area contributed by atoms with Gasteiger partial charge in [-0.3, -0.25) is 0 Å². The molecule has 15 heavy (non-hydrogen) atoms.